The molecular weight excluding hydrogens is 353 g/mol. The number of amides is 1. The van der Waals surface area contributed by atoms with Crippen LogP contribution in [0.4, 0.5) is 15.9 Å². The van der Waals surface area contributed by atoms with Crippen LogP contribution in [-0.2, 0) is 11.0 Å². The van der Waals surface area contributed by atoms with Crippen LogP contribution < -0.4 is 10.0 Å². The Morgan fingerprint density at radius 2 is 2.08 bits per heavy atom. The Kier molecular flexibility index (Phi) is 4.56. The van der Waals surface area contributed by atoms with E-state index >= 15 is 0 Å². The summed E-state index contributed by atoms with van der Waals surface area (Å²) in [5.74, 6) is -0.584. The normalized spacial score (nSPS) is 16.3. The summed E-state index contributed by atoms with van der Waals surface area (Å²) in [5, 5.41) is 2.56. The van der Waals surface area contributed by atoms with Crippen molar-refractivity contribution < 1.29 is 13.4 Å². The molecule has 8 heteroatoms. The molecule has 1 amide bonds. The first-order valence-corrected chi connectivity index (χ1v) is 8.81. The standard InChI is InChI=1S/C16H15ClFN3O2S/c1-16(5-6-16)24(23)21-14-8-10(4-7-19-14)15(22)20-11-2-3-13(18)12(17)9-11/h2-4,7-9H,5-6H2,1H3,(H,19,21)(H,20,22). The number of halogens is 2. The number of nitrogens with zero attached hydrogens (tertiary/aromatic N) is 1. The highest BCUT2D eigenvalue weighted by Crippen LogP contribution is 2.41. The van der Waals surface area contributed by atoms with Gasteiger partial charge in [-0.25, -0.2) is 13.6 Å². The molecule has 2 aromatic rings. The molecular formula is C16H15ClFN3O2S. The number of nitrogens with one attached hydrogen (secondary N) is 2. The predicted molar refractivity (Wildman–Crippen MR) is 93.0 cm³/mol. The first kappa shape index (κ1) is 16.9. The van der Waals surface area contributed by atoms with Crippen LogP contribution in [0.25, 0.3) is 0 Å². The third-order valence-electron chi connectivity index (χ3n) is 3.80. The van der Waals surface area contributed by atoms with E-state index in [9.17, 15) is 13.4 Å². The maximum absolute atomic E-state index is 13.1. The number of hydrogen-bond donors (Lipinski definition) is 2. The quantitative estimate of drug-likeness (QED) is 0.845. The number of aromatic nitrogens is 1. The van der Waals surface area contributed by atoms with Crippen LogP contribution in [0, 0.1) is 5.82 Å². The van der Waals surface area contributed by atoms with Gasteiger partial charge in [-0.05, 0) is 50.1 Å². The number of anilines is 2. The Morgan fingerprint density at radius 3 is 2.75 bits per heavy atom. The highest BCUT2D eigenvalue weighted by atomic mass is 35.5. The Labute approximate surface area is 146 Å². The van der Waals surface area contributed by atoms with Crippen LogP contribution >= 0.6 is 11.6 Å². The summed E-state index contributed by atoms with van der Waals surface area (Å²) in [6.45, 7) is 1.94. The minimum absolute atomic E-state index is 0.0713. The van der Waals surface area contributed by atoms with Gasteiger partial charge in [0.2, 0.25) is 0 Å². The van der Waals surface area contributed by atoms with Gasteiger partial charge in [0, 0.05) is 17.4 Å². The Morgan fingerprint density at radius 1 is 1.33 bits per heavy atom. The van der Waals surface area contributed by atoms with Crippen molar-refractivity contribution in [2.75, 3.05) is 10.0 Å². The highest BCUT2D eigenvalue weighted by Gasteiger charge is 2.44. The van der Waals surface area contributed by atoms with Crippen LogP contribution in [0.5, 0.6) is 0 Å². The summed E-state index contributed by atoms with van der Waals surface area (Å²) < 4.78 is 27.9. The molecule has 1 atom stereocenters. The molecule has 1 aliphatic carbocycles. The predicted octanol–water partition coefficient (Wildman–Crippen LogP) is 3.75. The van der Waals surface area contributed by atoms with Crippen molar-refractivity contribution >= 4 is 40.0 Å². The molecule has 24 heavy (non-hydrogen) atoms. The van der Waals surface area contributed by atoms with Gasteiger partial charge in [-0.1, -0.05) is 11.6 Å². The van der Waals surface area contributed by atoms with E-state index in [1.54, 1.807) is 0 Å². The van der Waals surface area contributed by atoms with Crippen molar-refractivity contribution in [1.29, 1.82) is 0 Å². The fourth-order valence-corrected chi connectivity index (χ4v) is 3.19. The van der Waals surface area contributed by atoms with E-state index in [-0.39, 0.29) is 9.77 Å². The molecule has 1 aliphatic rings. The average molecular weight is 368 g/mol. The lowest BCUT2D eigenvalue weighted by atomic mass is 10.2. The zero-order valence-electron chi connectivity index (χ0n) is 12.8. The summed E-state index contributed by atoms with van der Waals surface area (Å²) in [7, 11) is -1.25. The van der Waals surface area contributed by atoms with Crippen molar-refractivity contribution in [2.24, 2.45) is 0 Å². The molecule has 1 unspecified atom stereocenters. The second-order valence-corrected chi connectivity index (χ2v) is 7.97. The third-order valence-corrected chi connectivity index (χ3v) is 5.79. The number of benzene rings is 1. The first-order chi connectivity index (χ1) is 11.4. The first-order valence-electron chi connectivity index (χ1n) is 7.28. The average Bonchev–Trinajstić information content (AvgIpc) is 3.30. The zero-order chi connectivity index (χ0) is 17.3. The van der Waals surface area contributed by atoms with Crippen molar-refractivity contribution in [3.63, 3.8) is 0 Å². The highest BCUT2D eigenvalue weighted by molar-refractivity contribution is 7.88. The van der Waals surface area contributed by atoms with Crippen LogP contribution in [0.3, 0.4) is 0 Å². The fourth-order valence-electron chi connectivity index (χ4n) is 1.98. The lowest BCUT2D eigenvalue weighted by Crippen LogP contribution is -2.20. The molecule has 1 fully saturated rings. The van der Waals surface area contributed by atoms with E-state index in [0.29, 0.717) is 17.1 Å². The van der Waals surface area contributed by atoms with Crippen molar-refractivity contribution in [1.82, 2.24) is 4.98 Å². The second kappa shape index (κ2) is 6.49. The van der Waals surface area contributed by atoms with Crippen LogP contribution in [0.2, 0.25) is 5.02 Å². The molecule has 5 nitrogen and oxygen atoms in total. The van der Waals surface area contributed by atoms with Gasteiger partial charge in [0.25, 0.3) is 5.91 Å². The van der Waals surface area contributed by atoms with Gasteiger partial charge in [-0.3, -0.25) is 9.52 Å². The van der Waals surface area contributed by atoms with E-state index < -0.39 is 22.7 Å². The number of rotatable bonds is 5. The van der Waals surface area contributed by atoms with Crippen LogP contribution in [0.1, 0.15) is 30.1 Å². The summed E-state index contributed by atoms with van der Waals surface area (Å²) in [4.78, 5) is 16.4. The van der Waals surface area contributed by atoms with Crippen molar-refractivity contribution in [3.8, 4) is 0 Å². The van der Waals surface area contributed by atoms with E-state index in [4.69, 9.17) is 11.6 Å². The van der Waals surface area contributed by atoms with Crippen molar-refractivity contribution in [2.45, 2.75) is 24.5 Å². The molecule has 0 saturated heterocycles. The molecule has 0 aliphatic heterocycles. The van der Waals surface area contributed by atoms with Gasteiger partial charge in [-0.2, -0.15) is 0 Å². The number of carbonyl (C=O) groups excluding carboxylic acids is 1. The Bertz CT molecular complexity index is 827. The zero-order valence-corrected chi connectivity index (χ0v) is 14.4. The summed E-state index contributed by atoms with van der Waals surface area (Å²) >= 11 is 5.69. The van der Waals surface area contributed by atoms with Crippen molar-refractivity contribution in [3.05, 3.63) is 52.9 Å². The lowest BCUT2D eigenvalue weighted by molar-refractivity contribution is 0.102. The monoisotopic (exact) mass is 367 g/mol. The molecule has 1 aromatic carbocycles. The molecule has 3 rings (SSSR count). The van der Waals surface area contributed by atoms with E-state index in [2.05, 4.69) is 15.0 Å². The fraction of sp³-hybridized carbons (Fsp3) is 0.250. The van der Waals surface area contributed by atoms with Crippen LogP contribution in [0.15, 0.2) is 36.5 Å². The second-order valence-electron chi connectivity index (χ2n) is 5.83. The van der Waals surface area contributed by atoms with Gasteiger partial charge >= 0.3 is 0 Å². The van der Waals surface area contributed by atoms with Gasteiger partial charge in [0.15, 0.2) is 0 Å². The molecule has 2 N–H and O–H groups in total. The molecule has 0 bridgehead atoms. The largest absolute Gasteiger partial charge is 0.322 e. The molecule has 126 valence electrons. The number of carbonyl (C=O) groups is 1. The third kappa shape index (κ3) is 3.73. The van der Waals surface area contributed by atoms with E-state index in [1.807, 2.05) is 6.92 Å². The van der Waals surface area contributed by atoms with Gasteiger partial charge in [-0.15, -0.1) is 0 Å². The lowest BCUT2D eigenvalue weighted by Gasteiger charge is -2.11. The summed E-state index contributed by atoms with van der Waals surface area (Å²) in [6.07, 6.45) is 3.26. The minimum atomic E-state index is -1.25. The maximum Gasteiger partial charge on any atom is 0.255 e. The molecule has 0 radical (unpaired) electrons. The van der Waals surface area contributed by atoms with Crippen LogP contribution in [-0.4, -0.2) is 19.8 Å². The molecule has 0 spiro atoms. The minimum Gasteiger partial charge on any atom is -0.322 e. The van der Waals surface area contributed by atoms with Gasteiger partial charge < -0.3 is 5.32 Å². The molecule has 1 saturated carbocycles. The Balaban J connectivity index is 1.71. The Hall–Kier alpha value is -1.99. The van der Waals surface area contributed by atoms with E-state index in [0.717, 1.165) is 12.8 Å². The topological polar surface area (TPSA) is 71.1 Å². The molecule has 1 aromatic heterocycles. The van der Waals surface area contributed by atoms with Gasteiger partial charge in [0.05, 0.1) is 9.77 Å². The number of pyridine rings is 1. The molecule has 1 heterocycles. The van der Waals surface area contributed by atoms with Gasteiger partial charge in [0.1, 0.15) is 22.6 Å². The smallest absolute Gasteiger partial charge is 0.255 e. The SMILES string of the molecule is CC1(S(=O)Nc2cc(C(=O)Nc3ccc(F)c(Cl)c3)ccn2)CC1. The summed E-state index contributed by atoms with van der Waals surface area (Å²) in [5.41, 5.74) is 0.720. The maximum atomic E-state index is 13.1. The summed E-state index contributed by atoms with van der Waals surface area (Å²) in [6, 6.07) is 6.98. The van der Waals surface area contributed by atoms with E-state index in [1.165, 1.54) is 36.5 Å². The number of hydrogen-bond acceptors (Lipinski definition) is 3.